The highest BCUT2D eigenvalue weighted by Crippen LogP contribution is 2.32. The van der Waals surface area contributed by atoms with Crippen molar-refractivity contribution in [3.05, 3.63) is 11.5 Å². The largest absolute Gasteiger partial charge is 0.394 e. The van der Waals surface area contributed by atoms with Crippen LogP contribution < -0.4 is 11.1 Å². The van der Waals surface area contributed by atoms with Crippen molar-refractivity contribution < 1.29 is 5.11 Å². The van der Waals surface area contributed by atoms with Gasteiger partial charge in [0.25, 0.3) is 0 Å². The SMILES string of the molecule is CC1CCC(O)(CNc2nc(Cl)ncc2N)CC1. The summed E-state index contributed by atoms with van der Waals surface area (Å²) in [6.07, 6.45) is 5.18. The van der Waals surface area contributed by atoms with Crippen molar-refractivity contribution in [2.45, 2.75) is 38.2 Å². The van der Waals surface area contributed by atoms with Gasteiger partial charge in [-0.2, -0.15) is 4.98 Å². The summed E-state index contributed by atoms with van der Waals surface area (Å²) in [7, 11) is 0. The molecule has 1 aromatic heterocycles. The van der Waals surface area contributed by atoms with Gasteiger partial charge in [-0.3, -0.25) is 0 Å². The fourth-order valence-corrected chi connectivity index (χ4v) is 2.37. The number of hydrogen-bond donors (Lipinski definition) is 3. The lowest BCUT2D eigenvalue weighted by atomic mass is 9.79. The molecule has 0 radical (unpaired) electrons. The summed E-state index contributed by atoms with van der Waals surface area (Å²) >= 11 is 5.71. The van der Waals surface area contributed by atoms with E-state index in [2.05, 4.69) is 22.2 Å². The fraction of sp³-hybridized carbons (Fsp3) is 0.667. The molecule has 2 rings (SSSR count). The molecule has 100 valence electrons. The first-order chi connectivity index (χ1) is 8.48. The Labute approximate surface area is 112 Å². The zero-order valence-corrected chi connectivity index (χ0v) is 11.2. The van der Waals surface area contributed by atoms with Crippen LogP contribution in [-0.2, 0) is 0 Å². The second-order valence-corrected chi connectivity index (χ2v) is 5.54. The van der Waals surface area contributed by atoms with Crippen LogP contribution in [0.4, 0.5) is 11.5 Å². The molecule has 18 heavy (non-hydrogen) atoms. The molecular formula is C12H19ClN4O. The van der Waals surface area contributed by atoms with Crippen LogP contribution in [0.25, 0.3) is 0 Å². The first kappa shape index (κ1) is 13.4. The third-order valence-electron chi connectivity index (χ3n) is 3.58. The number of hydrogen-bond acceptors (Lipinski definition) is 5. The Morgan fingerprint density at radius 3 is 2.89 bits per heavy atom. The van der Waals surface area contributed by atoms with Crippen LogP contribution >= 0.6 is 11.6 Å². The Kier molecular flexibility index (Phi) is 3.92. The van der Waals surface area contributed by atoms with Crippen LogP contribution in [0.2, 0.25) is 5.28 Å². The van der Waals surface area contributed by atoms with E-state index in [1.165, 1.54) is 6.20 Å². The number of aromatic nitrogens is 2. The summed E-state index contributed by atoms with van der Waals surface area (Å²) in [5.74, 6) is 1.19. The molecule has 1 aliphatic rings. The second kappa shape index (κ2) is 5.28. The van der Waals surface area contributed by atoms with Crippen molar-refractivity contribution in [1.29, 1.82) is 0 Å². The van der Waals surface area contributed by atoms with E-state index in [4.69, 9.17) is 17.3 Å². The number of anilines is 2. The molecule has 0 aliphatic heterocycles. The van der Waals surface area contributed by atoms with Crippen LogP contribution in [0.1, 0.15) is 32.6 Å². The molecule has 1 aromatic rings. The smallest absolute Gasteiger partial charge is 0.224 e. The van der Waals surface area contributed by atoms with Crippen LogP contribution in [0.5, 0.6) is 0 Å². The number of aliphatic hydroxyl groups is 1. The van der Waals surface area contributed by atoms with Crippen molar-refractivity contribution in [3.63, 3.8) is 0 Å². The number of rotatable bonds is 3. The third kappa shape index (κ3) is 3.23. The molecule has 5 nitrogen and oxygen atoms in total. The van der Waals surface area contributed by atoms with E-state index in [-0.39, 0.29) is 5.28 Å². The van der Waals surface area contributed by atoms with Crippen molar-refractivity contribution in [3.8, 4) is 0 Å². The molecule has 1 heterocycles. The van der Waals surface area contributed by atoms with Gasteiger partial charge in [0.05, 0.1) is 17.5 Å². The van der Waals surface area contributed by atoms with Crippen molar-refractivity contribution >= 4 is 23.1 Å². The van der Waals surface area contributed by atoms with Gasteiger partial charge in [0.1, 0.15) is 0 Å². The Morgan fingerprint density at radius 2 is 2.22 bits per heavy atom. The first-order valence-electron chi connectivity index (χ1n) is 6.23. The highest BCUT2D eigenvalue weighted by Gasteiger charge is 2.31. The van der Waals surface area contributed by atoms with Gasteiger partial charge >= 0.3 is 0 Å². The van der Waals surface area contributed by atoms with E-state index in [1.54, 1.807) is 0 Å². The molecule has 0 amide bonds. The summed E-state index contributed by atoms with van der Waals surface area (Å²) in [6, 6.07) is 0. The molecule has 6 heteroatoms. The number of nitrogens with zero attached hydrogens (tertiary/aromatic N) is 2. The summed E-state index contributed by atoms with van der Waals surface area (Å²) in [4.78, 5) is 7.80. The molecule has 0 saturated heterocycles. The molecule has 4 N–H and O–H groups in total. The zero-order valence-electron chi connectivity index (χ0n) is 10.5. The summed E-state index contributed by atoms with van der Waals surface area (Å²) in [6.45, 7) is 2.66. The minimum absolute atomic E-state index is 0.149. The maximum Gasteiger partial charge on any atom is 0.224 e. The molecular weight excluding hydrogens is 252 g/mol. The van der Waals surface area contributed by atoms with Crippen molar-refractivity contribution in [2.24, 2.45) is 5.92 Å². The average Bonchev–Trinajstić information content (AvgIpc) is 2.35. The van der Waals surface area contributed by atoms with Crippen molar-refractivity contribution in [2.75, 3.05) is 17.6 Å². The standard InChI is InChI=1S/C12H19ClN4O/c1-8-2-4-12(18,5-3-8)7-16-10-9(14)6-15-11(13)17-10/h6,8,18H,2-5,7,14H2,1H3,(H,15,16,17). The number of halogens is 1. The van der Waals surface area contributed by atoms with Gasteiger partial charge in [0, 0.05) is 6.54 Å². The van der Waals surface area contributed by atoms with Crippen LogP contribution in [0, 0.1) is 5.92 Å². The predicted octanol–water partition coefficient (Wildman–Crippen LogP) is 2.07. The molecule has 0 atom stereocenters. The van der Waals surface area contributed by atoms with E-state index in [0.717, 1.165) is 25.7 Å². The van der Waals surface area contributed by atoms with E-state index in [9.17, 15) is 5.11 Å². The summed E-state index contributed by atoms with van der Waals surface area (Å²) in [5.41, 5.74) is 5.51. The van der Waals surface area contributed by atoms with Gasteiger partial charge in [-0.15, -0.1) is 0 Å². The number of nitrogen functional groups attached to an aromatic ring is 1. The Hall–Kier alpha value is -1.07. The molecule has 0 spiro atoms. The molecule has 0 bridgehead atoms. The highest BCUT2D eigenvalue weighted by molar-refractivity contribution is 6.28. The van der Waals surface area contributed by atoms with E-state index >= 15 is 0 Å². The first-order valence-corrected chi connectivity index (χ1v) is 6.60. The Balaban J connectivity index is 1.96. The van der Waals surface area contributed by atoms with Crippen LogP contribution in [-0.4, -0.2) is 27.2 Å². The monoisotopic (exact) mass is 270 g/mol. The maximum absolute atomic E-state index is 10.4. The van der Waals surface area contributed by atoms with E-state index in [1.807, 2.05) is 0 Å². The molecule has 1 aliphatic carbocycles. The van der Waals surface area contributed by atoms with E-state index < -0.39 is 5.60 Å². The average molecular weight is 271 g/mol. The number of nitrogens with one attached hydrogen (secondary N) is 1. The minimum Gasteiger partial charge on any atom is -0.394 e. The lowest BCUT2D eigenvalue weighted by Crippen LogP contribution is -2.40. The Bertz CT molecular complexity index is 419. The zero-order chi connectivity index (χ0) is 13.2. The van der Waals surface area contributed by atoms with Gasteiger partial charge in [0.2, 0.25) is 5.28 Å². The maximum atomic E-state index is 10.4. The molecule has 1 fully saturated rings. The molecule has 0 unspecified atom stereocenters. The van der Waals surface area contributed by atoms with Gasteiger partial charge in [0.15, 0.2) is 5.82 Å². The topological polar surface area (TPSA) is 84.1 Å². The summed E-state index contributed by atoms with van der Waals surface area (Å²) in [5, 5.41) is 13.6. The third-order valence-corrected chi connectivity index (χ3v) is 3.76. The van der Waals surface area contributed by atoms with E-state index in [0.29, 0.717) is 24.0 Å². The quantitative estimate of drug-likeness (QED) is 0.732. The van der Waals surface area contributed by atoms with Gasteiger partial charge in [-0.05, 0) is 43.2 Å². The van der Waals surface area contributed by atoms with Gasteiger partial charge < -0.3 is 16.2 Å². The minimum atomic E-state index is -0.670. The lowest BCUT2D eigenvalue weighted by molar-refractivity contribution is 0.00496. The second-order valence-electron chi connectivity index (χ2n) is 5.20. The molecule has 1 saturated carbocycles. The number of nitrogens with two attached hydrogens (primary N) is 1. The van der Waals surface area contributed by atoms with Crippen molar-refractivity contribution in [1.82, 2.24) is 9.97 Å². The summed E-state index contributed by atoms with van der Waals surface area (Å²) < 4.78 is 0. The fourth-order valence-electron chi connectivity index (χ4n) is 2.24. The molecule has 0 aromatic carbocycles. The highest BCUT2D eigenvalue weighted by atomic mass is 35.5. The van der Waals surface area contributed by atoms with Gasteiger partial charge in [-0.25, -0.2) is 4.98 Å². The Morgan fingerprint density at radius 1 is 1.56 bits per heavy atom. The van der Waals surface area contributed by atoms with Crippen LogP contribution in [0.3, 0.4) is 0 Å². The van der Waals surface area contributed by atoms with Gasteiger partial charge in [-0.1, -0.05) is 6.92 Å². The lowest BCUT2D eigenvalue weighted by Gasteiger charge is -2.35. The predicted molar refractivity (Wildman–Crippen MR) is 72.5 cm³/mol. The van der Waals surface area contributed by atoms with Crippen LogP contribution in [0.15, 0.2) is 6.20 Å². The normalized spacial score (nSPS) is 28.1.